The monoisotopic (exact) mass is 849 g/mol. The van der Waals surface area contributed by atoms with Gasteiger partial charge in [0.25, 0.3) is 0 Å². The van der Waals surface area contributed by atoms with E-state index in [2.05, 4.69) is 65.8 Å². The molecule has 0 amide bonds. The highest BCUT2D eigenvalue weighted by atomic mass is 35.6. The van der Waals surface area contributed by atoms with Crippen molar-refractivity contribution in [2.24, 2.45) is 0 Å². The summed E-state index contributed by atoms with van der Waals surface area (Å²) >= 11 is 14.4. The number of rotatable bonds is 5. The number of fused-ring (bicyclic) bond motifs is 3. The number of halogens is 8. The SMILES string of the molecule is Cc1cc(C)c(B(c2ccc(-c3c(-c4c(F)c(F)c(F)c(F)c4F)c4ccc5cccc6c7ccccc7c3n4c56)cc2)c2c(C)cc(C)cc2C)c(C)c1.ClC(Cl)Cl. The van der Waals surface area contributed by atoms with Gasteiger partial charge in [-0.05, 0) is 63.9 Å². The fourth-order valence-electron chi connectivity index (χ4n) is 9.46. The Kier molecular flexibility index (Phi) is 10.7. The molecule has 6 aromatic carbocycles. The number of aromatic nitrogens is 1. The lowest BCUT2D eigenvalue weighted by molar-refractivity contribution is 0.381. The molecule has 9 aromatic rings. The van der Waals surface area contributed by atoms with E-state index in [1.165, 1.54) is 44.3 Å². The molecule has 59 heavy (non-hydrogen) atoms. The van der Waals surface area contributed by atoms with Gasteiger partial charge in [0, 0.05) is 21.9 Å². The Balaban J connectivity index is 0.00000116. The van der Waals surface area contributed by atoms with Gasteiger partial charge in [-0.2, -0.15) is 0 Å². The molecule has 0 aliphatic rings. The predicted octanol–water partition coefficient (Wildman–Crippen LogP) is 13.2. The number of alkyl halides is 3. The van der Waals surface area contributed by atoms with Gasteiger partial charge in [-0.15, -0.1) is 0 Å². The van der Waals surface area contributed by atoms with Crippen molar-refractivity contribution in [3.05, 3.63) is 166 Å². The molecular weight excluding hydrogens is 815 g/mol. The third kappa shape index (κ3) is 6.72. The second-order valence-corrected chi connectivity index (χ2v) is 17.3. The van der Waals surface area contributed by atoms with E-state index in [-0.39, 0.29) is 12.3 Å². The summed E-state index contributed by atoms with van der Waals surface area (Å²) in [5.74, 6) is -9.90. The topological polar surface area (TPSA) is 4.41 Å². The van der Waals surface area contributed by atoms with Gasteiger partial charge in [-0.3, -0.25) is 0 Å². The largest absolute Gasteiger partial charge is 0.307 e. The fourth-order valence-corrected chi connectivity index (χ4v) is 9.46. The van der Waals surface area contributed by atoms with Crippen molar-refractivity contribution < 1.29 is 22.0 Å². The minimum absolute atomic E-state index is 0.0593. The van der Waals surface area contributed by atoms with Crippen molar-refractivity contribution >= 4 is 96.0 Å². The summed E-state index contributed by atoms with van der Waals surface area (Å²) in [6, 6.07) is 33.9. The molecule has 0 atom stereocenters. The number of nitrogens with zero attached hydrogens (tertiary/aromatic N) is 1. The van der Waals surface area contributed by atoms with Crippen molar-refractivity contribution in [2.75, 3.05) is 0 Å². The number of benzene rings is 6. The Bertz CT molecular complexity index is 2990. The van der Waals surface area contributed by atoms with Crippen LogP contribution in [-0.2, 0) is 0 Å². The molecule has 0 unspecified atom stereocenters. The summed E-state index contributed by atoms with van der Waals surface area (Å²) in [7, 11) is 0. The molecule has 0 spiro atoms. The first-order valence-electron chi connectivity index (χ1n) is 19.0. The molecule has 0 radical (unpaired) electrons. The molecular formula is C49H36BCl3F5N. The van der Waals surface area contributed by atoms with Gasteiger partial charge in [0.1, 0.15) is 0 Å². The molecule has 0 saturated heterocycles. The number of hydrogen-bond donors (Lipinski definition) is 0. The lowest BCUT2D eigenvalue weighted by atomic mass is 9.34. The van der Waals surface area contributed by atoms with E-state index in [0.29, 0.717) is 22.2 Å². The van der Waals surface area contributed by atoms with E-state index in [9.17, 15) is 4.39 Å². The normalized spacial score (nSPS) is 11.7. The summed E-state index contributed by atoms with van der Waals surface area (Å²) < 4.78 is 78.1. The summed E-state index contributed by atoms with van der Waals surface area (Å²) in [4.78, 5) is 0. The van der Waals surface area contributed by atoms with Crippen molar-refractivity contribution in [3.8, 4) is 22.3 Å². The zero-order valence-corrected chi connectivity index (χ0v) is 35.2. The van der Waals surface area contributed by atoms with Gasteiger partial charge in [-0.1, -0.05) is 182 Å². The van der Waals surface area contributed by atoms with E-state index >= 15 is 17.6 Å². The van der Waals surface area contributed by atoms with Crippen LogP contribution in [0.4, 0.5) is 22.0 Å². The van der Waals surface area contributed by atoms with Gasteiger partial charge in [0.2, 0.25) is 12.5 Å². The highest BCUT2D eigenvalue weighted by Crippen LogP contribution is 2.49. The van der Waals surface area contributed by atoms with Crippen LogP contribution in [0.1, 0.15) is 33.4 Å². The molecule has 0 fully saturated rings. The standard InChI is InChI=1S/C48H35BF5N.CHCl3/c1-24-20-26(3)40(27(4)21-24)49(41-28(5)22-25(2)23-29(41)6)32-17-14-30(15-18-32)37-38(39-42(50)44(52)46(54)45(53)43(39)51)36-19-16-31-10-9-13-34-33-11-7-8-12-35(33)48(37)55(36)47(31)34;2-1(3)4/h7-23H,1-6H3;1H. The quantitative estimate of drug-likeness (QED) is 0.0309. The van der Waals surface area contributed by atoms with Crippen molar-refractivity contribution in [1.82, 2.24) is 4.40 Å². The average molecular weight is 851 g/mol. The Morgan fingerprint density at radius 2 is 0.932 bits per heavy atom. The van der Waals surface area contributed by atoms with E-state index in [1.807, 2.05) is 77.2 Å². The third-order valence-corrected chi connectivity index (χ3v) is 11.4. The molecule has 0 saturated carbocycles. The summed E-state index contributed by atoms with van der Waals surface area (Å²) in [5, 5.41) is 3.47. The first kappa shape index (κ1) is 40.7. The highest BCUT2D eigenvalue weighted by Gasteiger charge is 2.33. The van der Waals surface area contributed by atoms with Crippen molar-refractivity contribution in [2.45, 2.75) is 45.8 Å². The van der Waals surface area contributed by atoms with Gasteiger partial charge in [-0.25, -0.2) is 22.0 Å². The van der Waals surface area contributed by atoms with Crippen LogP contribution in [0, 0.1) is 70.6 Å². The maximum absolute atomic E-state index is 16.1. The first-order valence-corrected chi connectivity index (χ1v) is 20.3. The highest BCUT2D eigenvalue weighted by molar-refractivity contribution is 6.96. The van der Waals surface area contributed by atoms with Crippen LogP contribution < -0.4 is 16.4 Å². The van der Waals surface area contributed by atoms with Crippen LogP contribution >= 0.6 is 34.8 Å². The minimum Gasteiger partial charge on any atom is -0.307 e. The molecule has 0 aliphatic heterocycles. The van der Waals surface area contributed by atoms with E-state index in [0.717, 1.165) is 32.5 Å². The zero-order chi connectivity index (χ0) is 42.2. The maximum Gasteiger partial charge on any atom is 0.242 e. The number of pyridine rings is 2. The Morgan fingerprint density at radius 1 is 0.475 bits per heavy atom. The van der Waals surface area contributed by atoms with Gasteiger partial charge < -0.3 is 4.40 Å². The predicted molar refractivity (Wildman–Crippen MR) is 239 cm³/mol. The van der Waals surface area contributed by atoms with Crippen LogP contribution in [0.3, 0.4) is 0 Å². The first-order chi connectivity index (χ1) is 28.1. The molecule has 0 aliphatic carbocycles. The lowest BCUT2D eigenvalue weighted by Gasteiger charge is -2.25. The summed E-state index contributed by atoms with van der Waals surface area (Å²) in [6.45, 7) is 12.6. The molecule has 10 heteroatoms. The number of hydrogen-bond acceptors (Lipinski definition) is 0. The van der Waals surface area contributed by atoms with Crippen molar-refractivity contribution in [1.29, 1.82) is 0 Å². The fraction of sp³-hybridized carbons (Fsp3) is 0.143. The maximum atomic E-state index is 16.1. The van der Waals surface area contributed by atoms with E-state index in [1.54, 1.807) is 6.07 Å². The lowest BCUT2D eigenvalue weighted by Crippen LogP contribution is -2.55. The molecule has 9 rings (SSSR count). The minimum atomic E-state index is -2.19. The zero-order valence-electron chi connectivity index (χ0n) is 32.9. The molecule has 3 heterocycles. The van der Waals surface area contributed by atoms with Crippen LogP contribution in [-0.4, -0.2) is 15.4 Å². The molecule has 1 nitrogen and oxygen atoms in total. The molecule has 3 aromatic heterocycles. The summed E-state index contributed by atoms with van der Waals surface area (Å²) in [6.07, 6.45) is 0. The van der Waals surface area contributed by atoms with Crippen LogP contribution in [0.25, 0.3) is 60.3 Å². The molecule has 0 N–H and O–H groups in total. The Hall–Kier alpha value is -5.08. The smallest absolute Gasteiger partial charge is 0.242 e. The van der Waals surface area contributed by atoms with Crippen LogP contribution in [0.5, 0.6) is 0 Å². The second-order valence-electron chi connectivity index (χ2n) is 15.3. The Morgan fingerprint density at radius 3 is 1.46 bits per heavy atom. The van der Waals surface area contributed by atoms with E-state index in [4.69, 9.17) is 34.8 Å². The van der Waals surface area contributed by atoms with Crippen LogP contribution in [0.15, 0.2) is 103 Å². The molecule has 296 valence electrons. The van der Waals surface area contributed by atoms with Crippen molar-refractivity contribution in [3.63, 3.8) is 0 Å². The third-order valence-electron chi connectivity index (χ3n) is 11.4. The summed E-state index contributed by atoms with van der Waals surface area (Å²) in [5.41, 5.74) is 12.1. The van der Waals surface area contributed by atoms with Gasteiger partial charge in [0.05, 0.1) is 22.1 Å². The Labute approximate surface area is 354 Å². The van der Waals surface area contributed by atoms with Gasteiger partial charge in [0.15, 0.2) is 27.6 Å². The number of para-hydroxylation sites is 1. The average Bonchev–Trinajstić information content (AvgIpc) is 3.53. The van der Waals surface area contributed by atoms with Crippen LogP contribution in [0.2, 0.25) is 0 Å². The van der Waals surface area contributed by atoms with E-state index < -0.39 is 38.9 Å². The number of aryl methyl sites for hydroxylation is 6. The molecule has 0 bridgehead atoms. The van der Waals surface area contributed by atoms with Gasteiger partial charge >= 0.3 is 0 Å². The second kappa shape index (κ2) is 15.5.